The molecule has 0 atom stereocenters. The van der Waals surface area contributed by atoms with Crippen LogP contribution in [-0.4, -0.2) is 11.1 Å². The van der Waals surface area contributed by atoms with Gasteiger partial charge in [0.15, 0.2) is 0 Å². The van der Waals surface area contributed by atoms with Gasteiger partial charge in [0.25, 0.3) is 0 Å². The summed E-state index contributed by atoms with van der Waals surface area (Å²) in [4.78, 5) is 10.2. The van der Waals surface area contributed by atoms with E-state index in [0.717, 1.165) is 0 Å². The molecule has 12 heavy (non-hydrogen) atoms. The minimum atomic E-state index is -0.879. The van der Waals surface area contributed by atoms with Crippen molar-refractivity contribution >= 4 is 5.97 Å². The monoisotopic (exact) mass is 349 g/mol. The van der Waals surface area contributed by atoms with Gasteiger partial charge < -0.3 is 5.11 Å². The normalized spacial score (nSPS) is 8.50. The summed E-state index contributed by atoms with van der Waals surface area (Å²) in [5, 5.41) is 12.8. The first-order valence-electron chi connectivity index (χ1n) is 3.19. The molecular formula is C9H12AuO2. The number of aromatic carboxylic acids is 1. The maximum absolute atomic E-state index is 10.2. The number of carboxylic acids is 1. The first-order chi connectivity index (χ1) is 5.72. The quantitative estimate of drug-likeness (QED) is 0.792. The molecule has 71 valence electrons. The van der Waals surface area contributed by atoms with E-state index in [9.17, 15) is 4.79 Å². The number of carboxylic acid groups (broad SMARTS) is 1. The zero-order valence-corrected chi connectivity index (χ0v) is 9.21. The van der Waals surface area contributed by atoms with Crippen LogP contribution < -0.4 is 0 Å². The van der Waals surface area contributed by atoms with Crippen LogP contribution in [0.4, 0.5) is 0 Å². The summed E-state index contributed by atoms with van der Waals surface area (Å²) in [6.07, 6.45) is 0. The molecule has 0 bridgehead atoms. The van der Waals surface area contributed by atoms with Gasteiger partial charge in [-0.3, -0.25) is 0 Å². The summed E-state index contributed by atoms with van der Waals surface area (Å²) in [5.74, 6) is -0.879. The molecule has 0 saturated carbocycles. The van der Waals surface area contributed by atoms with Crippen LogP contribution in [0.3, 0.4) is 0 Å². The summed E-state index contributed by atoms with van der Waals surface area (Å²) in [5.41, 5.74) is 0.331. The first kappa shape index (κ1) is 11.4. The van der Waals surface area contributed by atoms with Crippen LogP contribution in [0.25, 0.3) is 0 Å². The third kappa shape index (κ3) is 5.13. The van der Waals surface area contributed by atoms with Gasteiger partial charge in [-0.25, -0.2) is 4.79 Å². The average Bonchev–Trinajstić information content (AvgIpc) is 2.07. The van der Waals surface area contributed by atoms with Crippen molar-refractivity contribution in [1.82, 2.24) is 0 Å². The summed E-state index contributed by atoms with van der Waals surface area (Å²) in [6.45, 7) is 0. The van der Waals surface area contributed by atoms with E-state index < -0.39 is 5.97 Å². The van der Waals surface area contributed by atoms with Crippen LogP contribution >= 0.6 is 0 Å². The summed E-state index contributed by atoms with van der Waals surface area (Å²) in [7, 11) is 0. The molecular weight excluding hydrogens is 337 g/mol. The Labute approximate surface area is 81.9 Å². The minimum absolute atomic E-state index is 0.331. The van der Waals surface area contributed by atoms with Gasteiger partial charge >= 0.3 is 36.0 Å². The van der Waals surface area contributed by atoms with Crippen molar-refractivity contribution in [2.75, 3.05) is 0 Å². The van der Waals surface area contributed by atoms with E-state index in [4.69, 9.17) is 5.11 Å². The first-order valence-corrected chi connectivity index (χ1v) is 7.52. The van der Waals surface area contributed by atoms with Crippen molar-refractivity contribution in [3.63, 3.8) is 0 Å². The molecule has 0 unspecified atom stereocenters. The molecule has 0 heterocycles. The van der Waals surface area contributed by atoms with Crippen molar-refractivity contribution in [1.29, 1.82) is 0 Å². The fourth-order valence-corrected chi connectivity index (χ4v) is 0.581. The molecule has 0 saturated heterocycles. The van der Waals surface area contributed by atoms with Gasteiger partial charge in [0.05, 0.1) is 5.56 Å². The number of hydrogen-bond donors (Lipinski definition) is 1. The van der Waals surface area contributed by atoms with Crippen molar-refractivity contribution in [2.45, 2.75) is 10.3 Å². The molecule has 2 nitrogen and oxygen atoms in total. The molecule has 0 aliphatic heterocycles. The third-order valence-electron chi connectivity index (χ3n) is 1.02. The zero-order chi connectivity index (χ0) is 9.40. The molecule has 0 fully saturated rings. The second-order valence-corrected chi connectivity index (χ2v) is 4.14. The Kier molecular flexibility index (Phi) is 6.76. The van der Waals surface area contributed by atoms with Crippen LogP contribution in [0.15, 0.2) is 30.3 Å². The molecule has 0 aliphatic rings. The second-order valence-electron chi connectivity index (χ2n) is 1.97. The van der Waals surface area contributed by atoms with Gasteiger partial charge in [-0.1, -0.05) is 18.2 Å². The van der Waals surface area contributed by atoms with E-state index in [-0.39, 0.29) is 0 Å². The molecule has 1 rings (SSSR count). The van der Waals surface area contributed by atoms with Crippen molar-refractivity contribution in [3.8, 4) is 0 Å². The van der Waals surface area contributed by atoms with Crippen LogP contribution in [0.5, 0.6) is 0 Å². The van der Waals surface area contributed by atoms with Gasteiger partial charge in [0.1, 0.15) is 0 Å². The van der Waals surface area contributed by atoms with Crippen molar-refractivity contribution in [2.24, 2.45) is 0 Å². The fourth-order valence-electron chi connectivity index (χ4n) is 0.581. The van der Waals surface area contributed by atoms with Crippen molar-refractivity contribution < 1.29 is 29.7 Å². The summed E-state index contributed by atoms with van der Waals surface area (Å²) < 4.78 is 0. The number of rotatable bonds is 1. The molecule has 0 aliphatic carbocycles. The Morgan fingerprint density at radius 1 is 1.25 bits per heavy atom. The van der Waals surface area contributed by atoms with Gasteiger partial charge in [-0.05, 0) is 12.1 Å². The van der Waals surface area contributed by atoms with E-state index in [1.807, 2.05) is 0 Å². The number of carbonyl (C=O) groups is 1. The Morgan fingerprint density at radius 2 is 1.67 bits per heavy atom. The van der Waals surface area contributed by atoms with Crippen LogP contribution in [0.1, 0.15) is 10.4 Å². The Bertz CT molecular complexity index is 221. The van der Waals surface area contributed by atoms with E-state index in [1.165, 1.54) is 0 Å². The molecule has 0 aromatic heterocycles. The zero-order valence-electron chi connectivity index (χ0n) is 7.04. The second kappa shape index (κ2) is 7.10. The molecule has 1 N–H and O–H groups in total. The van der Waals surface area contributed by atoms with E-state index in [1.54, 1.807) is 30.3 Å². The summed E-state index contributed by atoms with van der Waals surface area (Å²) >= 11 is 0.667. The van der Waals surface area contributed by atoms with Gasteiger partial charge in [0, 0.05) is 0 Å². The van der Waals surface area contributed by atoms with Crippen LogP contribution in [-0.2, 0) is 19.8 Å². The number of benzene rings is 1. The maximum atomic E-state index is 10.2. The predicted octanol–water partition coefficient (Wildman–Crippen LogP) is 2.55. The number of hydrogen-bond acceptors (Lipinski definition) is 1. The molecule has 0 amide bonds. The summed E-state index contributed by atoms with van der Waals surface area (Å²) in [6, 6.07) is 8.30. The Hall–Kier alpha value is -0.570. The standard InChI is InChI=1S/C7H6O2.2CH3.Au/c8-7(9)6-4-2-1-3-5-6;;;/h1-5H,(H,8,9);2*1H3;. The SMILES string of the molecule is O=C(O)c1ccccc1.[CH3][Au][CH3]. The predicted molar refractivity (Wildman–Crippen MR) is 45.1 cm³/mol. The third-order valence-corrected chi connectivity index (χ3v) is 1.02. The van der Waals surface area contributed by atoms with E-state index >= 15 is 0 Å². The van der Waals surface area contributed by atoms with Crippen LogP contribution in [0.2, 0.25) is 10.3 Å². The Morgan fingerprint density at radius 3 is 1.92 bits per heavy atom. The topological polar surface area (TPSA) is 37.3 Å². The molecule has 0 radical (unpaired) electrons. The molecule has 1 aromatic rings. The molecule has 1 aromatic carbocycles. The van der Waals surface area contributed by atoms with E-state index in [0.29, 0.717) is 25.3 Å². The Balaban J connectivity index is 0.000000354. The average molecular weight is 349 g/mol. The fraction of sp³-hybridized carbons (Fsp3) is 0.222. The van der Waals surface area contributed by atoms with Gasteiger partial charge in [-0.2, -0.15) is 0 Å². The van der Waals surface area contributed by atoms with Crippen LogP contribution in [0, 0.1) is 0 Å². The molecule has 3 heteroatoms. The molecule has 0 spiro atoms. The van der Waals surface area contributed by atoms with Gasteiger partial charge in [0.2, 0.25) is 0 Å². The van der Waals surface area contributed by atoms with Gasteiger partial charge in [-0.15, -0.1) is 0 Å². The van der Waals surface area contributed by atoms with E-state index in [2.05, 4.69) is 10.3 Å². The van der Waals surface area contributed by atoms with Crippen molar-refractivity contribution in [3.05, 3.63) is 35.9 Å².